The van der Waals surface area contributed by atoms with Crippen LogP contribution >= 0.6 is 7.92 Å². The predicted octanol–water partition coefficient (Wildman–Crippen LogP) is 8.87. The van der Waals surface area contributed by atoms with E-state index in [9.17, 15) is 4.21 Å². The summed E-state index contributed by atoms with van der Waals surface area (Å²) in [5.41, 5.74) is 2.69. The van der Waals surface area contributed by atoms with Crippen molar-refractivity contribution in [2.45, 2.75) is 119 Å². The molecule has 8 aliphatic carbocycles. The third-order valence-corrected chi connectivity index (χ3v) is 17.8. The molecule has 0 aliphatic heterocycles. The average Bonchev–Trinajstić information content (AvgIpc) is 2.90. The van der Waals surface area contributed by atoms with Crippen LogP contribution in [0, 0.1) is 35.5 Å². The van der Waals surface area contributed by atoms with Crippen molar-refractivity contribution in [3.8, 4) is 0 Å². The molecule has 0 spiro atoms. The summed E-state index contributed by atoms with van der Waals surface area (Å²) in [5.74, 6) is 5.85. The molecule has 0 heterocycles. The smallest absolute Gasteiger partial charge is 0.0979 e. The summed E-state index contributed by atoms with van der Waals surface area (Å²) in [6, 6.07) is 20.5. The Hall–Kier alpha value is -1.02. The van der Waals surface area contributed by atoms with Crippen LogP contribution < -0.4 is 10.0 Å². The second kappa shape index (κ2) is 10.0. The molecule has 8 bridgehead atoms. The van der Waals surface area contributed by atoms with E-state index in [2.05, 4.69) is 80.1 Å². The number of hydrogen-bond acceptors (Lipinski definition) is 1. The van der Waals surface area contributed by atoms with E-state index in [1.165, 1.54) is 88.2 Å². The van der Waals surface area contributed by atoms with Crippen molar-refractivity contribution >= 4 is 24.2 Å². The molecule has 220 valence electrons. The number of hydrogen-bond donors (Lipinski definition) is 1. The van der Waals surface area contributed by atoms with Crippen molar-refractivity contribution in [1.29, 1.82) is 0 Å². The first-order valence-corrected chi connectivity index (χ1v) is 19.3. The van der Waals surface area contributed by atoms with Crippen molar-refractivity contribution < 1.29 is 4.21 Å². The Morgan fingerprint density at radius 2 is 1.10 bits per heavy atom. The summed E-state index contributed by atoms with van der Waals surface area (Å²) in [6.45, 7) is 6.30. The van der Waals surface area contributed by atoms with Crippen molar-refractivity contribution in [3.63, 3.8) is 0 Å². The molecule has 0 radical (unpaired) electrons. The normalized spacial score (nSPS) is 41.0. The minimum absolute atomic E-state index is 0.0414. The quantitative estimate of drug-likeness (QED) is 0.322. The summed E-state index contributed by atoms with van der Waals surface area (Å²) in [7, 11) is -1.49. The van der Waals surface area contributed by atoms with Crippen LogP contribution in [-0.2, 0) is 11.0 Å². The van der Waals surface area contributed by atoms with Gasteiger partial charge in [0, 0.05) is 0 Å². The van der Waals surface area contributed by atoms with E-state index in [1.807, 2.05) is 0 Å². The third kappa shape index (κ3) is 4.75. The standard InChI is InChI=1S/C37H50NOPS/c1-35(2,3)41(39)38-34(31-9-5-4-6-10-31)32-11-7-8-12-33(32)40(36-19-25-13-26(20-36)15-27(14-25)21-36)37-22-28-16-29(23-37)18-30(17-28)24-37/h4-12,25-30,34,38H,13-24H2,1-3H3/t25?,26?,27?,28?,29?,30?,34?,36?,37?,40?,41-/m1/s1. The topological polar surface area (TPSA) is 29.1 Å². The van der Waals surface area contributed by atoms with E-state index in [1.54, 1.807) is 5.30 Å². The third-order valence-electron chi connectivity index (χ3n) is 12.4. The van der Waals surface area contributed by atoms with Crippen molar-refractivity contribution in [2.24, 2.45) is 35.5 Å². The zero-order chi connectivity index (χ0) is 28.0. The number of rotatable bonds is 7. The van der Waals surface area contributed by atoms with E-state index in [-0.39, 0.29) is 18.7 Å². The van der Waals surface area contributed by atoms with E-state index >= 15 is 0 Å². The zero-order valence-corrected chi connectivity index (χ0v) is 27.2. The van der Waals surface area contributed by atoms with Crippen molar-refractivity contribution in [2.75, 3.05) is 0 Å². The molecule has 8 aliphatic rings. The molecule has 41 heavy (non-hydrogen) atoms. The molecule has 1 N–H and O–H groups in total. The lowest BCUT2D eigenvalue weighted by molar-refractivity contribution is 0.0195. The van der Waals surface area contributed by atoms with Gasteiger partial charge in [0.1, 0.15) is 0 Å². The number of benzene rings is 2. The first-order valence-electron chi connectivity index (χ1n) is 16.8. The van der Waals surface area contributed by atoms with E-state index < -0.39 is 11.0 Å². The molecular weight excluding hydrogens is 537 g/mol. The summed E-state index contributed by atoms with van der Waals surface area (Å²) in [5, 5.41) is 2.74. The van der Waals surface area contributed by atoms with Crippen LogP contribution in [0.2, 0.25) is 0 Å². The van der Waals surface area contributed by atoms with Gasteiger partial charge in [-0.15, -0.1) is 0 Å². The number of nitrogens with one attached hydrogen (secondary N) is 1. The monoisotopic (exact) mass is 587 g/mol. The fourth-order valence-corrected chi connectivity index (χ4v) is 18.1. The summed E-state index contributed by atoms with van der Waals surface area (Å²) < 4.78 is 17.2. The lowest BCUT2D eigenvalue weighted by atomic mass is 9.55. The second-order valence-electron chi connectivity index (χ2n) is 16.5. The van der Waals surface area contributed by atoms with Crippen LogP contribution in [0.5, 0.6) is 0 Å². The highest BCUT2D eigenvalue weighted by Gasteiger charge is 2.63. The Morgan fingerprint density at radius 1 is 0.683 bits per heavy atom. The SMILES string of the molecule is CC(C)(C)[S@@](=O)NC(c1ccccc1)c1ccccc1P(C12CC3CC(CC(C3)C1)C2)C12CC3CC(CC(C3)C1)C2. The molecule has 2 nitrogen and oxygen atoms in total. The van der Waals surface area contributed by atoms with Gasteiger partial charge >= 0.3 is 0 Å². The fourth-order valence-electron chi connectivity index (χ4n) is 11.9. The molecule has 10 rings (SSSR count). The largest absolute Gasteiger partial charge is 0.242 e. The van der Waals surface area contributed by atoms with Crippen LogP contribution in [0.1, 0.15) is 115 Å². The molecule has 8 fully saturated rings. The predicted molar refractivity (Wildman–Crippen MR) is 174 cm³/mol. The maximum Gasteiger partial charge on any atom is 0.0979 e. The first-order chi connectivity index (χ1) is 19.7. The average molecular weight is 588 g/mol. The van der Waals surface area contributed by atoms with Crippen molar-refractivity contribution in [1.82, 2.24) is 4.72 Å². The van der Waals surface area contributed by atoms with Gasteiger partial charge in [-0.1, -0.05) is 62.5 Å². The van der Waals surface area contributed by atoms with Gasteiger partial charge in [-0.2, -0.15) is 0 Å². The Bertz CT molecular complexity index is 1200. The maximum atomic E-state index is 13.8. The van der Waals surface area contributed by atoms with E-state index in [0.717, 1.165) is 35.5 Å². The van der Waals surface area contributed by atoms with E-state index in [0.29, 0.717) is 10.3 Å². The molecule has 4 heteroatoms. The molecule has 2 atom stereocenters. The summed E-state index contributed by atoms with van der Waals surface area (Å²) >= 11 is 0. The van der Waals surface area contributed by atoms with Gasteiger partial charge in [-0.25, -0.2) is 8.93 Å². The Balaban J connectivity index is 1.30. The highest BCUT2D eigenvalue weighted by Crippen LogP contribution is 2.78. The van der Waals surface area contributed by atoms with Crippen molar-refractivity contribution in [3.05, 3.63) is 65.7 Å². The van der Waals surface area contributed by atoms with Gasteiger partial charge in [-0.3, -0.25) is 0 Å². The molecule has 0 aromatic heterocycles. The van der Waals surface area contributed by atoms with Crippen LogP contribution in [-0.4, -0.2) is 19.3 Å². The summed E-state index contributed by atoms with van der Waals surface area (Å²) in [4.78, 5) is 0. The second-order valence-corrected chi connectivity index (χ2v) is 21.6. The molecule has 0 saturated heterocycles. The van der Waals surface area contributed by atoms with E-state index in [4.69, 9.17) is 0 Å². The minimum atomic E-state index is -1.15. The van der Waals surface area contributed by atoms with Gasteiger partial charge in [0.15, 0.2) is 0 Å². The maximum absolute atomic E-state index is 13.8. The molecule has 2 aromatic rings. The Morgan fingerprint density at radius 3 is 1.54 bits per heavy atom. The van der Waals surface area contributed by atoms with Crippen LogP contribution in [0.4, 0.5) is 0 Å². The first kappa shape index (κ1) is 27.5. The highest BCUT2D eigenvalue weighted by molar-refractivity contribution is 7.84. The molecule has 1 unspecified atom stereocenters. The molecular formula is C37H50NOPS. The highest BCUT2D eigenvalue weighted by atomic mass is 32.2. The minimum Gasteiger partial charge on any atom is -0.242 e. The van der Waals surface area contributed by atoms with Gasteiger partial charge < -0.3 is 0 Å². The van der Waals surface area contributed by atoms with Gasteiger partial charge in [0.05, 0.1) is 21.8 Å². The van der Waals surface area contributed by atoms with Gasteiger partial charge in [0.25, 0.3) is 0 Å². The fraction of sp³-hybridized carbons (Fsp3) is 0.676. The lowest BCUT2D eigenvalue weighted by Gasteiger charge is -2.67. The van der Waals surface area contributed by atoms with Gasteiger partial charge in [-0.05, 0) is 160 Å². The Labute approximate surface area is 252 Å². The molecule has 8 saturated carbocycles. The molecule has 0 amide bonds. The van der Waals surface area contributed by atoms with Crippen LogP contribution in [0.25, 0.3) is 0 Å². The van der Waals surface area contributed by atoms with Crippen LogP contribution in [0.3, 0.4) is 0 Å². The molecule has 2 aromatic carbocycles. The summed E-state index contributed by atoms with van der Waals surface area (Å²) in [6.07, 6.45) is 18.1. The Kier molecular flexibility index (Phi) is 6.71. The van der Waals surface area contributed by atoms with Crippen LogP contribution in [0.15, 0.2) is 54.6 Å². The lowest BCUT2D eigenvalue weighted by Crippen LogP contribution is -2.58. The van der Waals surface area contributed by atoms with Gasteiger partial charge in [0.2, 0.25) is 0 Å². The zero-order valence-electron chi connectivity index (χ0n) is 25.5.